The number of nitrogens with zero attached hydrogens (tertiary/aromatic N) is 1. The van der Waals surface area contributed by atoms with Crippen LogP contribution < -0.4 is 4.90 Å². The van der Waals surface area contributed by atoms with Crippen molar-refractivity contribution in [3.05, 3.63) is 34.3 Å². The molecule has 22 heavy (non-hydrogen) atoms. The van der Waals surface area contributed by atoms with Crippen LogP contribution in [0.4, 0.5) is 0 Å². The Morgan fingerprint density at radius 3 is 2.82 bits per heavy atom. The third-order valence-corrected chi connectivity index (χ3v) is 5.47. The van der Waals surface area contributed by atoms with Gasteiger partial charge in [-0.2, -0.15) is 0 Å². The lowest BCUT2D eigenvalue weighted by molar-refractivity contribution is -0.921. The predicted molar refractivity (Wildman–Crippen MR) is 91.7 cm³/mol. The van der Waals surface area contributed by atoms with Crippen molar-refractivity contribution in [2.45, 2.75) is 38.6 Å². The molecule has 0 spiro atoms. The van der Waals surface area contributed by atoms with Gasteiger partial charge in [-0.15, -0.1) is 0 Å². The van der Waals surface area contributed by atoms with Crippen LogP contribution in [0.25, 0.3) is 0 Å². The zero-order valence-corrected chi connectivity index (χ0v) is 14.8. The molecule has 1 aromatic rings. The van der Waals surface area contributed by atoms with Crippen LogP contribution >= 0.6 is 15.9 Å². The highest BCUT2D eigenvalue weighted by Crippen LogP contribution is 2.17. The molecule has 4 heteroatoms. The largest absolute Gasteiger partial charge is 0.342 e. The molecular formula is C18H26BrN2O+. The van der Waals surface area contributed by atoms with Crippen molar-refractivity contribution < 1.29 is 9.69 Å². The Labute approximate surface area is 141 Å². The Hall–Kier alpha value is -0.870. The molecular weight excluding hydrogens is 340 g/mol. The molecule has 1 N–H and O–H groups in total. The first-order valence-electron chi connectivity index (χ1n) is 8.59. The molecule has 2 atom stereocenters. The number of benzene rings is 1. The molecule has 0 aromatic heterocycles. The van der Waals surface area contributed by atoms with Gasteiger partial charge in [0.25, 0.3) is 0 Å². The molecule has 1 aromatic carbocycles. The molecule has 0 saturated carbocycles. The first kappa shape index (κ1) is 16.0. The number of quaternary nitrogens is 1. The maximum atomic E-state index is 12.7. The van der Waals surface area contributed by atoms with Crippen molar-refractivity contribution in [1.29, 1.82) is 0 Å². The summed E-state index contributed by atoms with van der Waals surface area (Å²) in [7, 11) is 0. The average molecular weight is 366 g/mol. The van der Waals surface area contributed by atoms with Gasteiger partial charge in [-0.05, 0) is 44.2 Å². The molecule has 1 amide bonds. The lowest BCUT2D eigenvalue weighted by Crippen LogP contribution is -3.12. The van der Waals surface area contributed by atoms with Crippen LogP contribution in [-0.4, -0.2) is 37.0 Å². The van der Waals surface area contributed by atoms with Crippen LogP contribution in [0, 0.1) is 5.92 Å². The fraction of sp³-hybridized carbons (Fsp3) is 0.611. The van der Waals surface area contributed by atoms with Gasteiger partial charge in [-0.1, -0.05) is 28.1 Å². The standard InChI is InChI=1S/C18H25BrN2O/c19-17-8-4-6-15(12-17)13-20-9-5-7-16(14-20)18(22)21-10-2-1-3-11-21/h4,6,8,12,16H,1-3,5,7,9-11,13-14H2/p+1/t16-/m1/s1. The van der Waals surface area contributed by atoms with E-state index in [-0.39, 0.29) is 5.92 Å². The van der Waals surface area contributed by atoms with E-state index in [9.17, 15) is 4.79 Å². The molecule has 0 bridgehead atoms. The predicted octanol–water partition coefficient (Wildman–Crippen LogP) is 2.26. The topological polar surface area (TPSA) is 24.8 Å². The van der Waals surface area contributed by atoms with Crippen molar-refractivity contribution in [3.8, 4) is 0 Å². The number of carbonyl (C=O) groups is 1. The summed E-state index contributed by atoms with van der Waals surface area (Å²) in [5.74, 6) is 0.667. The smallest absolute Gasteiger partial charge is 0.231 e. The van der Waals surface area contributed by atoms with E-state index in [1.54, 1.807) is 4.90 Å². The van der Waals surface area contributed by atoms with E-state index in [4.69, 9.17) is 0 Å². The molecule has 2 aliphatic heterocycles. The molecule has 0 radical (unpaired) electrons. The monoisotopic (exact) mass is 365 g/mol. The number of nitrogens with one attached hydrogen (secondary N) is 1. The summed E-state index contributed by atoms with van der Waals surface area (Å²) in [6, 6.07) is 8.55. The quantitative estimate of drug-likeness (QED) is 0.872. The number of piperidine rings is 2. The van der Waals surface area contributed by atoms with Gasteiger partial charge in [0.05, 0.1) is 19.0 Å². The van der Waals surface area contributed by atoms with Crippen molar-refractivity contribution in [2.24, 2.45) is 5.92 Å². The van der Waals surface area contributed by atoms with Gasteiger partial charge >= 0.3 is 0 Å². The van der Waals surface area contributed by atoms with Gasteiger partial charge in [0.1, 0.15) is 6.54 Å². The summed E-state index contributed by atoms with van der Waals surface area (Å²) in [5, 5.41) is 0. The molecule has 3 nitrogen and oxygen atoms in total. The third kappa shape index (κ3) is 4.11. The summed E-state index contributed by atoms with van der Waals surface area (Å²) in [6.45, 7) is 5.19. The van der Waals surface area contributed by atoms with Crippen LogP contribution in [0.15, 0.2) is 28.7 Å². The minimum Gasteiger partial charge on any atom is -0.342 e. The molecule has 2 heterocycles. The Bertz CT molecular complexity index is 514. The fourth-order valence-electron chi connectivity index (χ4n) is 3.83. The molecule has 120 valence electrons. The second kappa shape index (κ2) is 7.60. The van der Waals surface area contributed by atoms with Crippen LogP contribution in [0.3, 0.4) is 0 Å². The molecule has 2 fully saturated rings. The van der Waals surface area contributed by atoms with Crippen molar-refractivity contribution >= 4 is 21.8 Å². The Kier molecular flexibility index (Phi) is 5.53. The van der Waals surface area contributed by atoms with E-state index in [0.717, 1.165) is 37.1 Å². The van der Waals surface area contributed by atoms with Crippen LogP contribution in [0.2, 0.25) is 0 Å². The number of halogens is 1. The number of amides is 1. The fourth-order valence-corrected chi connectivity index (χ4v) is 4.28. The van der Waals surface area contributed by atoms with Gasteiger partial charge in [0.15, 0.2) is 0 Å². The van der Waals surface area contributed by atoms with Crippen LogP contribution in [-0.2, 0) is 11.3 Å². The highest BCUT2D eigenvalue weighted by molar-refractivity contribution is 9.10. The van der Waals surface area contributed by atoms with E-state index in [1.165, 1.54) is 37.8 Å². The summed E-state index contributed by atoms with van der Waals surface area (Å²) in [6.07, 6.45) is 5.92. The molecule has 0 aliphatic carbocycles. The number of rotatable bonds is 3. The summed E-state index contributed by atoms with van der Waals surface area (Å²) in [4.78, 5) is 16.4. The third-order valence-electron chi connectivity index (χ3n) is 4.98. The van der Waals surface area contributed by atoms with E-state index in [2.05, 4.69) is 45.1 Å². The van der Waals surface area contributed by atoms with E-state index in [0.29, 0.717) is 5.91 Å². The average Bonchev–Trinajstić information content (AvgIpc) is 2.55. The first-order chi connectivity index (χ1) is 10.7. The maximum absolute atomic E-state index is 12.7. The summed E-state index contributed by atoms with van der Waals surface area (Å²) < 4.78 is 1.14. The number of likely N-dealkylation sites (tertiary alicyclic amines) is 2. The minimum atomic E-state index is 0.244. The Morgan fingerprint density at radius 2 is 2.05 bits per heavy atom. The second-order valence-corrected chi connectivity index (χ2v) is 7.65. The minimum absolute atomic E-state index is 0.244. The highest BCUT2D eigenvalue weighted by atomic mass is 79.9. The Balaban J connectivity index is 1.57. The number of hydrogen-bond acceptors (Lipinski definition) is 1. The van der Waals surface area contributed by atoms with Gasteiger partial charge in [0.2, 0.25) is 5.91 Å². The second-order valence-electron chi connectivity index (χ2n) is 6.74. The van der Waals surface area contributed by atoms with Crippen molar-refractivity contribution in [1.82, 2.24) is 4.90 Å². The Morgan fingerprint density at radius 1 is 1.23 bits per heavy atom. The molecule has 2 aliphatic rings. The lowest BCUT2D eigenvalue weighted by atomic mass is 9.95. The zero-order valence-electron chi connectivity index (χ0n) is 13.2. The van der Waals surface area contributed by atoms with E-state index >= 15 is 0 Å². The molecule has 2 saturated heterocycles. The summed E-state index contributed by atoms with van der Waals surface area (Å²) in [5.41, 5.74) is 1.36. The van der Waals surface area contributed by atoms with Gasteiger partial charge in [-0.3, -0.25) is 4.79 Å². The van der Waals surface area contributed by atoms with Crippen molar-refractivity contribution in [3.63, 3.8) is 0 Å². The number of hydrogen-bond donors (Lipinski definition) is 1. The van der Waals surface area contributed by atoms with E-state index < -0.39 is 0 Å². The van der Waals surface area contributed by atoms with Crippen LogP contribution in [0.1, 0.15) is 37.7 Å². The number of carbonyl (C=O) groups excluding carboxylic acids is 1. The van der Waals surface area contributed by atoms with Crippen LogP contribution in [0.5, 0.6) is 0 Å². The first-order valence-corrected chi connectivity index (χ1v) is 9.38. The maximum Gasteiger partial charge on any atom is 0.231 e. The van der Waals surface area contributed by atoms with Gasteiger partial charge in [-0.25, -0.2) is 0 Å². The van der Waals surface area contributed by atoms with Crippen molar-refractivity contribution in [2.75, 3.05) is 26.2 Å². The normalized spacial score (nSPS) is 26.0. The zero-order chi connectivity index (χ0) is 15.4. The SMILES string of the molecule is O=C([C@@H]1CCC[NH+](Cc2cccc(Br)c2)C1)N1CCCCC1. The molecule has 1 unspecified atom stereocenters. The van der Waals surface area contributed by atoms with Gasteiger partial charge in [0, 0.05) is 23.1 Å². The van der Waals surface area contributed by atoms with Gasteiger partial charge < -0.3 is 9.80 Å². The van der Waals surface area contributed by atoms with E-state index in [1.807, 2.05) is 0 Å². The molecule has 3 rings (SSSR count). The lowest BCUT2D eigenvalue weighted by Gasteiger charge is -2.34. The summed E-state index contributed by atoms with van der Waals surface area (Å²) >= 11 is 3.54. The highest BCUT2D eigenvalue weighted by Gasteiger charge is 2.32.